The molecule has 1 aliphatic carbocycles. The first-order valence-corrected chi connectivity index (χ1v) is 10.2. The van der Waals surface area contributed by atoms with E-state index in [1.807, 2.05) is 0 Å². The Kier molecular flexibility index (Phi) is 6.77. The van der Waals surface area contributed by atoms with Crippen LogP contribution in [0.3, 0.4) is 0 Å². The molecule has 0 heterocycles. The maximum atomic E-state index is 11.5. The molecule has 0 saturated heterocycles. The van der Waals surface area contributed by atoms with Gasteiger partial charge in [-0.15, -0.1) is 0 Å². The summed E-state index contributed by atoms with van der Waals surface area (Å²) < 4.78 is 32.3. The first-order valence-electron chi connectivity index (χ1n) is 8.73. The molecule has 0 spiro atoms. The monoisotopic (exact) mass is 384 g/mol. The largest absolute Gasteiger partial charge is 0.481 e. The highest BCUT2D eigenvalue weighted by Crippen LogP contribution is 2.43. The number of unbranched alkanes of at least 4 members (excludes halogenated alkanes) is 1. The molecule has 26 heavy (non-hydrogen) atoms. The molecule has 0 amide bonds. The van der Waals surface area contributed by atoms with Crippen LogP contribution < -0.4 is 0 Å². The van der Waals surface area contributed by atoms with Crippen LogP contribution in [-0.2, 0) is 19.7 Å². The van der Waals surface area contributed by atoms with Crippen LogP contribution in [0.2, 0.25) is 0 Å². The Morgan fingerprint density at radius 2 is 1.54 bits per heavy atom. The van der Waals surface area contributed by atoms with Gasteiger partial charge in [0.25, 0.3) is 10.1 Å². The van der Waals surface area contributed by atoms with E-state index in [4.69, 9.17) is 10.2 Å². The molecule has 3 N–H and O–H groups in total. The van der Waals surface area contributed by atoms with Crippen LogP contribution in [0.15, 0.2) is 23.1 Å². The van der Waals surface area contributed by atoms with Crippen molar-refractivity contribution in [2.45, 2.75) is 68.1 Å². The van der Waals surface area contributed by atoms with Gasteiger partial charge in [0.2, 0.25) is 0 Å². The lowest BCUT2D eigenvalue weighted by molar-refractivity contribution is -0.138. The quantitative estimate of drug-likeness (QED) is 0.439. The lowest BCUT2D eigenvalue weighted by Crippen LogP contribution is -2.17. The summed E-state index contributed by atoms with van der Waals surface area (Å²) in [6.45, 7) is 0. The third-order valence-electron chi connectivity index (χ3n) is 5.00. The molecule has 1 aliphatic rings. The number of carboxylic acids is 2. The van der Waals surface area contributed by atoms with E-state index in [1.165, 1.54) is 12.1 Å². The lowest BCUT2D eigenvalue weighted by Gasteiger charge is -2.32. The van der Waals surface area contributed by atoms with E-state index < -0.39 is 22.1 Å². The zero-order valence-electron chi connectivity index (χ0n) is 14.4. The molecule has 7 nitrogen and oxygen atoms in total. The second-order valence-electron chi connectivity index (χ2n) is 6.81. The number of rotatable bonds is 9. The normalized spacial score (nSPS) is 19.7. The van der Waals surface area contributed by atoms with E-state index in [1.54, 1.807) is 6.07 Å². The van der Waals surface area contributed by atoms with Gasteiger partial charge in [-0.25, -0.2) is 0 Å². The maximum absolute atomic E-state index is 11.5. The number of carboxylic acid groups (broad SMARTS) is 2. The third-order valence-corrected chi connectivity index (χ3v) is 5.85. The van der Waals surface area contributed by atoms with Gasteiger partial charge in [-0.05, 0) is 67.2 Å². The SMILES string of the molecule is O=C(O)CCCCC1CCC(CCC(=O)O)c2ccc(S(=O)(=O)O)cc21. The maximum Gasteiger partial charge on any atom is 0.303 e. The Labute approximate surface area is 152 Å². The average Bonchev–Trinajstić information content (AvgIpc) is 2.55. The van der Waals surface area contributed by atoms with Gasteiger partial charge in [0.15, 0.2) is 0 Å². The summed E-state index contributed by atoms with van der Waals surface area (Å²) in [7, 11) is -4.31. The van der Waals surface area contributed by atoms with E-state index >= 15 is 0 Å². The van der Waals surface area contributed by atoms with Gasteiger partial charge in [-0.3, -0.25) is 14.1 Å². The van der Waals surface area contributed by atoms with Crippen LogP contribution in [0.25, 0.3) is 0 Å². The fraction of sp³-hybridized carbons (Fsp3) is 0.556. The number of fused-ring (bicyclic) bond motifs is 1. The Morgan fingerprint density at radius 1 is 0.923 bits per heavy atom. The zero-order valence-corrected chi connectivity index (χ0v) is 15.2. The summed E-state index contributed by atoms with van der Waals surface area (Å²) in [4.78, 5) is 21.3. The van der Waals surface area contributed by atoms with E-state index in [-0.39, 0.29) is 29.6 Å². The van der Waals surface area contributed by atoms with Gasteiger partial charge in [-0.2, -0.15) is 8.42 Å². The Bertz CT molecular complexity index is 770. The summed E-state index contributed by atoms with van der Waals surface area (Å²) in [5.74, 6) is -1.57. The van der Waals surface area contributed by atoms with Gasteiger partial charge in [0, 0.05) is 12.8 Å². The molecule has 0 bridgehead atoms. The number of aliphatic carboxylic acids is 2. The van der Waals surface area contributed by atoms with Crippen LogP contribution in [0.1, 0.15) is 74.3 Å². The second-order valence-corrected chi connectivity index (χ2v) is 8.23. The van der Waals surface area contributed by atoms with Crippen LogP contribution in [0, 0.1) is 0 Å². The molecule has 1 aromatic rings. The molecule has 2 rings (SSSR count). The zero-order chi connectivity index (χ0) is 19.3. The minimum absolute atomic E-state index is 0.0480. The van der Waals surface area contributed by atoms with Gasteiger partial charge in [-0.1, -0.05) is 12.5 Å². The average molecular weight is 384 g/mol. The van der Waals surface area contributed by atoms with Crippen molar-refractivity contribution in [1.29, 1.82) is 0 Å². The van der Waals surface area contributed by atoms with Crippen molar-refractivity contribution in [3.8, 4) is 0 Å². The summed E-state index contributed by atoms with van der Waals surface area (Å²) in [6.07, 6.45) is 4.25. The van der Waals surface area contributed by atoms with E-state index in [2.05, 4.69) is 0 Å². The predicted octanol–water partition coefficient (Wildman–Crippen LogP) is 3.40. The highest BCUT2D eigenvalue weighted by Gasteiger charge is 2.28. The van der Waals surface area contributed by atoms with Crippen molar-refractivity contribution < 1.29 is 32.8 Å². The number of carbonyl (C=O) groups is 2. The van der Waals surface area contributed by atoms with Gasteiger partial charge < -0.3 is 10.2 Å². The Balaban J connectivity index is 2.23. The van der Waals surface area contributed by atoms with Crippen LogP contribution >= 0.6 is 0 Å². The van der Waals surface area contributed by atoms with E-state index in [0.717, 1.165) is 30.4 Å². The minimum atomic E-state index is -4.31. The van der Waals surface area contributed by atoms with Crippen LogP contribution in [0.5, 0.6) is 0 Å². The molecule has 144 valence electrons. The fourth-order valence-corrected chi connectivity index (χ4v) is 4.23. The molecule has 0 saturated carbocycles. The van der Waals surface area contributed by atoms with Crippen molar-refractivity contribution in [3.05, 3.63) is 29.3 Å². The molecule has 0 aromatic heterocycles. The first-order chi connectivity index (χ1) is 12.2. The second kappa shape index (κ2) is 8.64. The van der Waals surface area contributed by atoms with Crippen molar-refractivity contribution in [2.75, 3.05) is 0 Å². The minimum Gasteiger partial charge on any atom is -0.481 e. The van der Waals surface area contributed by atoms with Crippen LogP contribution in [-0.4, -0.2) is 35.1 Å². The summed E-state index contributed by atoms with van der Waals surface area (Å²) >= 11 is 0. The molecule has 0 aliphatic heterocycles. The van der Waals surface area contributed by atoms with Crippen molar-refractivity contribution in [2.24, 2.45) is 0 Å². The number of hydrogen-bond acceptors (Lipinski definition) is 4. The van der Waals surface area contributed by atoms with Crippen molar-refractivity contribution in [1.82, 2.24) is 0 Å². The van der Waals surface area contributed by atoms with Crippen molar-refractivity contribution in [3.63, 3.8) is 0 Å². The molecule has 2 unspecified atom stereocenters. The van der Waals surface area contributed by atoms with Crippen molar-refractivity contribution >= 4 is 22.1 Å². The highest BCUT2D eigenvalue weighted by atomic mass is 32.2. The molecule has 1 aromatic carbocycles. The van der Waals surface area contributed by atoms with Gasteiger partial charge in [0.05, 0.1) is 4.90 Å². The topological polar surface area (TPSA) is 129 Å². The standard InChI is InChI=1S/C18H24O7S/c19-17(20)4-2-1-3-12-5-6-13(7-10-18(21)22)15-9-8-14(11-16(12)15)26(23,24)25/h8-9,11-13H,1-7,10H2,(H,19,20)(H,21,22)(H,23,24,25). The first kappa shape index (κ1) is 20.4. The molecule has 0 fully saturated rings. The molecule has 8 heteroatoms. The van der Waals surface area contributed by atoms with Crippen LogP contribution in [0.4, 0.5) is 0 Å². The van der Waals surface area contributed by atoms with E-state index in [9.17, 15) is 22.6 Å². The lowest BCUT2D eigenvalue weighted by atomic mass is 9.73. The molecular formula is C18H24O7S. The summed E-state index contributed by atoms with van der Waals surface area (Å²) in [5.41, 5.74) is 1.77. The summed E-state index contributed by atoms with van der Waals surface area (Å²) in [5, 5.41) is 17.7. The Hall–Kier alpha value is -1.93. The fourth-order valence-electron chi connectivity index (χ4n) is 3.72. The highest BCUT2D eigenvalue weighted by molar-refractivity contribution is 7.85. The molecule has 0 radical (unpaired) electrons. The Morgan fingerprint density at radius 3 is 2.12 bits per heavy atom. The summed E-state index contributed by atoms with van der Waals surface area (Å²) in [6, 6.07) is 4.52. The molecular weight excluding hydrogens is 360 g/mol. The van der Waals surface area contributed by atoms with Gasteiger partial charge in [0.1, 0.15) is 0 Å². The number of hydrogen-bond donors (Lipinski definition) is 3. The smallest absolute Gasteiger partial charge is 0.303 e. The van der Waals surface area contributed by atoms with E-state index in [0.29, 0.717) is 19.3 Å². The third kappa shape index (κ3) is 5.54. The predicted molar refractivity (Wildman–Crippen MR) is 93.9 cm³/mol. The van der Waals surface area contributed by atoms with Gasteiger partial charge >= 0.3 is 11.9 Å². The number of benzene rings is 1. The molecule has 2 atom stereocenters.